The van der Waals surface area contributed by atoms with Gasteiger partial charge in [-0.05, 0) is 0 Å². The van der Waals surface area contributed by atoms with E-state index < -0.39 is 0 Å². The Balaban J connectivity index is 3.08. The van der Waals surface area contributed by atoms with E-state index in [4.69, 9.17) is 14.2 Å². The van der Waals surface area contributed by atoms with Gasteiger partial charge in [0.25, 0.3) is 0 Å². The van der Waals surface area contributed by atoms with Crippen LogP contribution in [0.5, 0.6) is 0 Å². The van der Waals surface area contributed by atoms with Gasteiger partial charge in [-0.3, -0.25) is 4.79 Å². The molecule has 0 atom stereocenters. The number of methoxy groups -OCH3 is 3. The Hall–Kier alpha value is -1.97. The molecule has 4 heteroatoms. The van der Waals surface area contributed by atoms with Crippen LogP contribution in [0.4, 0.5) is 0 Å². The van der Waals surface area contributed by atoms with Gasteiger partial charge in [-0.25, -0.2) is 0 Å². The van der Waals surface area contributed by atoms with Gasteiger partial charge in [0.05, 0.1) is 21.3 Å². The summed E-state index contributed by atoms with van der Waals surface area (Å²) in [5.41, 5.74) is 0.519. The molecule has 0 saturated carbocycles. The van der Waals surface area contributed by atoms with Crippen LogP contribution in [-0.2, 0) is 14.2 Å². The van der Waals surface area contributed by atoms with Gasteiger partial charge in [0, 0.05) is 5.56 Å². The lowest BCUT2D eigenvalue weighted by Gasteiger charge is -2.10. The van der Waals surface area contributed by atoms with Gasteiger partial charge in [0.1, 0.15) is 0 Å². The number of hydrogen-bond acceptors (Lipinski definition) is 4. The Morgan fingerprint density at radius 3 is 1.94 bits per heavy atom. The first-order valence-corrected chi connectivity index (χ1v) is 4.70. The van der Waals surface area contributed by atoms with Crippen LogP contribution in [0.2, 0.25) is 0 Å². The maximum atomic E-state index is 12.0. The van der Waals surface area contributed by atoms with Crippen LogP contribution in [0.25, 0.3) is 0 Å². The standard InChI is InChI=1S/C12H14O4/c1-14-11(12(15-2)16-3)10(13)9-7-5-4-6-8-9/h4-8H,1-3H3. The van der Waals surface area contributed by atoms with Crippen molar-refractivity contribution < 1.29 is 19.0 Å². The predicted octanol–water partition coefficient (Wildman–Crippen LogP) is 1.98. The lowest BCUT2D eigenvalue weighted by molar-refractivity contribution is 0.0607. The first kappa shape index (κ1) is 12.1. The van der Waals surface area contributed by atoms with E-state index in [0.717, 1.165) is 0 Å². The third-order valence-electron chi connectivity index (χ3n) is 2.00. The van der Waals surface area contributed by atoms with E-state index in [1.807, 2.05) is 6.07 Å². The third kappa shape index (κ3) is 2.53. The van der Waals surface area contributed by atoms with Crippen LogP contribution in [0.3, 0.4) is 0 Å². The summed E-state index contributed by atoms with van der Waals surface area (Å²) < 4.78 is 14.8. The summed E-state index contributed by atoms with van der Waals surface area (Å²) in [6.45, 7) is 0. The van der Waals surface area contributed by atoms with Crippen LogP contribution < -0.4 is 0 Å². The highest BCUT2D eigenvalue weighted by atomic mass is 16.7. The van der Waals surface area contributed by atoms with Crippen molar-refractivity contribution in [3.8, 4) is 0 Å². The van der Waals surface area contributed by atoms with Crippen molar-refractivity contribution in [2.24, 2.45) is 0 Å². The summed E-state index contributed by atoms with van der Waals surface area (Å²) in [7, 11) is 4.22. The van der Waals surface area contributed by atoms with Gasteiger partial charge < -0.3 is 14.2 Å². The SMILES string of the molecule is COC(OC)=C(OC)C(=O)c1ccccc1. The van der Waals surface area contributed by atoms with Gasteiger partial charge in [0.2, 0.25) is 11.5 Å². The lowest BCUT2D eigenvalue weighted by Crippen LogP contribution is -2.10. The first-order valence-electron chi connectivity index (χ1n) is 4.70. The van der Waals surface area contributed by atoms with E-state index >= 15 is 0 Å². The lowest BCUT2D eigenvalue weighted by atomic mass is 10.1. The minimum absolute atomic E-state index is 0.0520. The van der Waals surface area contributed by atoms with Crippen molar-refractivity contribution in [1.82, 2.24) is 0 Å². The second kappa shape index (κ2) is 5.80. The zero-order valence-corrected chi connectivity index (χ0v) is 9.52. The second-order valence-corrected chi connectivity index (χ2v) is 2.92. The van der Waals surface area contributed by atoms with Gasteiger partial charge in [-0.15, -0.1) is 0 Å². The molecule has 0 aliphatic carbocycles. The molecular formula is C12H14O4. The Morgan fingerprint density at radius 1 is 0.938 bits per heavy atom. The number of rotatable bonds is 5. The number of Topliss-reactive ketones (excluding diaryl/α,β-unsaturated/α-hetero) is 1. The minimum Gasteiger partial charge on any atom is -0.487 e. The summed E-state index contributed by atoms with van der Waals surface area (Å²) in [6, 6.07) is 8.79. The number of benzene rings is 1. The largest absolute Gasteiger partial charge is 0.487 e. The van der Waals surface area contributed by atoms with E-state index in [9.17, 15) is 4.79 Å². The molecule has 0 spiro atoms. The number of allylic oxidation sites excluding steroid dienone is 1. The quantitative estimate of drug-likeness (QED) is 0.434. The molecule has 0 saturated heterocycles. The number of ketones is 1. The summed E-state index contributed by atoms with van der Waals surface area (Å²) in [5.74, 6) is -0.158. The summed E-state index contributed by atoms with van der Waals surface area (Å²) in [5, 5.41) is 0. The summed E-state index contributed by atoms with van der Waals surface area (Å²) in [4.78, 5) is 12.0. The molecule has 0 fully saturated rings. The van der Waals surface area contributed by atoms with Crippen LogP contribution in [-0.4, -0.2) is 27.1 Å². The number of carbonyl (C=O) groups is 1. The van der Waals surface area contributed by atoms with Gasteiger partial charge in [0.15, 0.2) is 0 Å². The highest BCUT2D eigenvalue weighted by Crippen LogP contribution is 2.14. The molecule has 0 unspecified atom stereocenters. The maximum absolute atomic E-state index is 12.0. The minimum atomic E-state index is -0.276. The normalized spacial score (nSPS) is 9.19. The molecule has 86 valence electrons. The van der Waals surface area contributed by atoms with Gasteiger partial charge in [-0.2, -0.15) is 0 Å². The molecule has 0 N–H and O–H groups in total. The van der Waals surface area contributed by atoms with E-state index in [0.29, 0.717) is 5.56 Å². The Bertz CT molecular complexity index is 375. The maximum Gasteiger partial charge on any atom is 0.327 e. The highest BCUT2D eigenvalue weighted by Gasteiger charge is 2.19. The van der Waals surface area contributed by atoms with Crippen molar-refractivity contribution in [3.63, 3.8) is 0 Å². The molecule has 16 heavy (non-hydrogen) atoms. The smallest absolute Gasteiger partial charge is 0.327 e. The van der Waals surface area contributed by atoms with Crippen molar-refractivity contribution in [2.45, 2.75) is 0 Å². The van der Waals surface area contributed by atoms with Crippen LogP contribution in [0.1, 0.15) is 10.4 Å². The zero-order chi connectivity index (χ0) is 12.0. The van der Waals surface area contributed by atoms with Crippen LogP contribution >= 0.6 is 0 Å². The second-order valence-electron chi connectivity index (χ2n) is 2.92. The Kier molecular flexibility index (Phi) is 4.39. The van der Waals surface area contributed by atoms with Crippen LogP contribution in [0, 0.1) is 0 Å². The van der Waals surface area contributed by atoms with Crippen molar-refractivity contribution in [1.29, 1.82) is 0 Å². The molecule has 0 aliphatic rings. The molecule has 0 aliphatic heterocycles. The summed E-state index contributed by atoms with van der Waals surface area (Å²) in [6.07, 6.45) is 0. The third-order valence-corrected chi connectivity index (χ3v) is 2.00. The fourth-order valence-corrected chi connectivity index (χ4v) is 1.26. The van der Waals surface area contributed by atoms with Crippen molar-refractivity contribution in [3.05, 3.63) is 47.6 Å². The van der Waals surface area contributed by atoms with Crippen molar-refractivity contribution in [2.75, 3.05) is 21.3 Å². The predicted molar refractivity (Wildman–Crippen MR) is 58.8 cm³/mol. The highest BCUT2D eigenvalue weighted by molar-refractivity contribution is 6.07. The molecule has 1 aromatic carbocycles. The van der Waals surface area contributed by atoms with Gasteiger partial charge in [-0.1, -0.05) is 30.3 Å². The molecule has 0 amide bonds. The average molecular weight is 222 g/mol. The fourth-order valence-electron chi connectivity index (χ4n) is 1.26. The molecule has 0 bridgehead atoms. The fraction of sp³-hybridized carbons (Fsp3) is 0.250. The van der Waals surface area contributed by atoms with Gasteiger partial charge >= 0.3 is 5.95 Å². The topological polar surface area (TPSA) is 44.8 Å². The van der Waals surface area contributed by atoms with Crippen molar-refractivity contribution >= 4 is 5.78 Å². The van der Waals surface area contributed by atoms with E-state index in [1.54, 1.807) is 24.3 Å². The van der Waals surface area contributed by atoms with E-state index in [2.05, 4.69) is 0 Å². The molecule has 0 heterocycles. The zero-order valence-electron chi connectivity index (χ0n) is 9.52. The van der Waals surface area contributed by atoms with Crippen LogP contribution in [0.15, 0.2) is 42.0 Å². The molecule has 1 rings (SSSR count). The number of ether oxygens (including phenoxy) is 3. The monoisotopic (exact) mass is 222 g/mol. The molecule has 1 aromatic rings. The molecule has 4 nitrogen and oxygen atoms in total. The summed E-state index contributed by atoms with van der Waals surface area (Å²) >= 11 is 0. The van der Waals surface area contributed by atoms with E-state index in [1.165, 1.54) is 21.3 Å². The first-order chi connectivity index (χ1) is 7.74. The van der Waals surface area contributed by atoms with E-state index in [-0.39, 0.29) is 17.5 Å². The Morgan fingerprint density at radius 2 is 1.50 bits per heavy atom. The molecular weight excluding hydrogens is 208 g/mol. The number of carbonyl (C=O) groups excluding carboxylic acids is 1. The number of hydrogen-bond donors (Lipinski definition) is 0. The molecule has 0 aromatic heterocycles. The average Bonchev–Trinajstić information content (AvgIpc) is 2.36. The molecule has 0 radical (unpaired) electrons. The Labute approximate surface area is 94.4 Å².